The van der Waals surface area contributed by atoms with E-state index in [2.05, 4.69) is 10.6 Å². The summed E-state index contributed by atoms with van der Waals surface area (Å²) in [6, 6.07) is 4.94. The van der Waals surface area contributed by atoms with Gasteiger partial charge < -0.3 is 15.2 Å². The summed E-state index contributed by atoms with van der Waals surface area (Å²) in [6.45, 7) is 1.53. The average molecular weight is 234 g/mol. The number of fused-ring (bicyclic) bond motifs is 2. The van der Waals surface area contributed by atoms with Gasteiger partial charge in [0, 0.05) is 12.1 Å². The average Bonchev–Trinajstić information content (AvgIpc) is 2.31. The lowest BCUT2D eigenvalue weighted by atomic mass is 9.84. The van der Waals surface area contributed by atoms with Crippen LogP contribution in [0.15, 0.2) is 18.2 Å². The molecule has 1 spiro atoms. The van der Waals surface area contributed by atoms with Crippen LogP contribution in [0.4, 0.5) is 10.5 Å². The number of phenolic OH excluding ortho intramolecular Hbond substituents is 1. The Morgan fingerprint density at radius 1 is 1.41 bits per heavy atom. The molecule has 1 fully saturated rings. The molecule has 0 aromatic heterocycles. The van der Waals surface area contributed by atoms with E-state index in [-0.39, 0.29) is 5.75 Å². The van der Waals surface area contributed by atoms with E-state index in [1.54, 1.807) is 18.2 Å². The standard InChI is InChI=1S/C12H14N2O3/c15-8-2-3-10-9(6-8)12(17-11(16)14-10)4-1-5-13-7-12/h2-3,6,13,15H,1,4-5,7H2,(H,14,16). The quantitative estimate of drug-likeness (QED) is 0.595. The van der Waals surface area contributed by atoms with Crippen molar-refractivity contribution in [3.05, 3.63) is 23.8 Å². The lowest BCUT2D eigenvalue weighted by molar-refractivity contribution is -0.00739. The van der Waals surface area contributed by atoms with Crippen LogP contribution in [-0.4, -0.2) is 24.3 Å². The number of phenols is 1. The summed E-state index contributed by atoms with van der Waals surface area (Å²) in [6.07, 6.45) is 1.30. The number of benzene rings is 1. The van der Waals surface area contributed by atoms with Crippen LogP contribution >= 0.6 is 0 Å². The predicted molar refractivity (Wildman–Crippen MR) is 62.0 cm³/mol. The zero-order chi connectivity index (χ0) is 11.9. The summed E-state index contributed by atoms with van der Waals surface area (Å²) >= 11 is 0. The summed E-state index contributed by atoms with van der Waals surface area (Å²) in [7, 11) is 0. The molecule has 0 aliphatic carbocycles. The molecule has 1 aromatic carbocycles. The third-order valence-electron chi connectivity index (χ3n) is 3.36. The Labute approximate surface area is 98.8 Å². The van der Waals surface area contributed by atoms with E-state index in [0.717, 1.165) is 30.6 Å². The first-order valence-corrected chi connectivity index (χ1v) is 5.74. The molecular formula is C12H14N2O3. The van der Waals surface area contributed by atoms with Gasteiger partial charge in [0.15, 0.2) is 5.60 Å². The van der Waals surface area contributed by atoms with Crippen LogP contribution in [0.5, 0.6) is 5.75 Å². The number of hydrogen-bond acceptors (Lipinski definition) is 4. The Balaban J connectivity index is 2.11. The molecule has 5 heteroatoms. The van der Waals surface area contributed by atoms with E-state index in [1.165, 1.54) is 0 Å². The summed E-state index contributed by atoms with van der Waals surface area (Å²) in [5.41, 5.74) is 0.946. The van der Waals surface area contributed by atoms with Crippen molar-refractivity contribution in [3.8, 4) is 5.75 Å². The maximum absolute atomic E-state index is 11.6. The fourth-order valence-electron chi connectivity index (χ4n) is 2.58. The second-order valence-corrected chi connectivity index (χ2v) is 4.52. The van der Waals surface area contributed by atoms with Gasteiger partial charge in [-0.2, -0.15) is 0 Å². The van der Waals surface area contributed by atoms with Gasteiger partial charge in [-0.15, -0.1) is 0 Å². The third kappa shape index (κ3) is 1.63. The van der Waals surface area contributed by atoms with Gasteiger partial charge in [-0.25, -0.2) is 4.79 Å². The lowest BCUT2D eigenvalue weighted by Crippen LogP contribution is -2.49. The first-order valence-electron chi connectivity index (χ1n) is 5.74. The highest BCUT2D eigenvalue weighted by Gasteiger charge is 2.43. The fourth-order valence-corrected chi connectivity index (χ4v) is 2.58. The molecule has 1 aromatic rings. The molecule has 3 rings (SSSR count). The summed E-state index contributed by atoms with van der Waals surface area (Å²) in [4.78, 5) is 11.6. The van der Waals surface area contributed by atoms with Crippen molar-refractivity contribution < 1.29 is 14.6 Å². The SMILES string of the molecule is O=C1Nc2ccc(O)cc2C2(CCCNC2)O1. The van der Waals surface area contributed by atoms with Crippen molar-refractivity contribution in [2.45, 2.75) is 18.4 Å². The number of rotatable bonds is 0. The van der Waals surface area contributed by atoms with E-state index in [4.69, 9.17) is 4.74 Å². The monoisotopic (exact) mass is 234 g/mol. The number of nitrogens with one attached hydrogen (secondary N) is 2. The zero-order valence-electron chi connectivity index (χ0n) is 9.32. The highest BCUT2D eigenvalue weighted by atomic mass is 16.6. The minimum atomic E-state index is -0.630. The smallest absolute Gasteiger partial charge is 0.412 e. The molecule has 1 amide bonds. The minimum Gasteiger partial charge on any atom is -0.508 e. The number of hydrogen-bond donors (Lipinski definition) is 3. The molecule has 1 unspecified atom stereocenters. The number of carbonyl (C=O) groups excluding carboxylic acids is 1. The molecule has 2 aliphatic rings. The number of amides is 1. The molecule has 1 atom stereocenters. The van der Waals surface area contributed by atoms with Gasteiger partial charge in [-0.3, -0.25) is 5.32 Å². The van der Waals surface area contributed by atoms with E-state index >= 15 is 0 Å². The van der Waals surface area contributed by atoms with Gasteiger partial charge in [0.25, 0.3) is 0 Å². The molecular weight excluding hydrogens is 220 g/mol. The number of anilines is 1. The Bertz CT molecular complexity index is 467. The number of aromatic hydroxyl groups is 1. The summed E-state index contributed by atoms with van der Waals surface area (Å²) in [5.74, 6) is 0.188. The maximum Gasteiger partial charge on any atom is 0.412 e. The van der Waals surface area contributed by atoms with Crippen molar-refractivity contribution in [3.63, 3.8) is 0 Å². The third-order valence-corrected chi connectivity index (χ3v) is 3.36. The molecule has 0 bridgehead atoms. The molecule has 17 heavy (non-hydrogen) atoms. The van der Waals surface area contributed by atoms with Crippen molar-refractivity contribution in [2.75, 3.05) is 18.4 Å². The van der Waals surface area contributed by atoms with E-state index in [1.807, 2.05) is 0 Å². The lowest BCUT2D eigenvalue weighted by Gasteiger charge is -2.41. The second kappa shape index (κ2) is 3.63. The predicted octanol–water partition coefficient (Wildman–Crippen LogP) is 1.53. The number of ether oxygens (including phenoxy) is 1. The fraction of sp³-hybridized carbons (Fsp3) is 0.417. The van der Waals surface area contributed by atoms with Gasteiger partial charge in [0.1, 0.15) is 5.75 Å². The first kappa shape index (κ1) is 10.4. The van der Waals surface area contributed by atoms with Crippen LogP contribution in [0.2, 0.25) is 0 Å². The van der Waals surface area contributed by atoms with Gasteiger partial charge in [-0.05, 0) is 37.6 Å². The molecule has 0 radical (unpaired) electrons. The van der Waals surface area contributed by atoms with Crippen LogP contribution < -0.4 is 10.6 Å². The largest absolute Gasteiger partial charge is 0.508 e. The highest BCUT2D eigenvalue weighted by molar-refractivity contribution is 5.89. The van der Waals surface area contributed by atoms with Gasteiger partial charge >= 0.3 is 6.09 Å². The van der Waals surface area contributed by atoms with Crippen molar-refractivity contribution in [1.29, 1.82) is 0 Å². The van der Waals surface area contributed by atoms with Gasteiger partial charge in [0.05, 0.1) is 5.69 Å². The highest BCUT2D eigenvalue weighted by Crippen LogP contribution is 2.41. The molecule has 0 saturated carbocycles. The molecule has 3 N–H and O–H groups in total. The van der Waals surface area contributed by atoms with Gasteiger partial charge in [-0.1, -0.05) is 0 Å². The Kier molecular flexibility index (Phi) is 2.22. The molecule has 5 nitrogen and oxygen atoms in total. The Morgan fingerprint density at radius 3 is 3.06 bits per heavy atom. The van der Waals surface area contributed by atoms with Crippen LogP contribution in [0, 0.1) is 0 Å². The minimum absolute atomic E-state index is 0.188. The summed E-state index contributed by atoms with van der Waals surface area (Å²) in [5, 5.41) is 15.5. The molecule has 1 saturated heterocycles. The zero-order valence-corrected chi connectivity index (χ0v) is 9.32. The first-order chi connectivity index (χ1) is 8.20. The number of carbonyl (C=O) groups is 1. The van der Waals surface area contributed by atoms with Gasteiger partial charge in [0.2, 0.25) is 0 Å². The van der Waals surface area contributed by atoms with Crippen molar-refractivity contribution >= 4 is 11.8 Å². The van der Waals surface area contributed by atoms with Crippen molar-refractivity contribution in [1.82, 2.24) is 5.32 Å². The van der Waals surface area contributed by atoms with Crippen LogP contribution in [0.25, 0.3) is 0 Å². The topological polar surface area (TPSA) is 70.6 Å². The van der Waals surface area contributed by atoms with Crippen molar-refractivity contribution in [2.24, 2.45) is 0 Å². The summed E-state index contributed by atoms with van der Waals surface area (Å²) < 4.78 is 5.47. The normalized spacial score (nSPS) is 27.2. The van der Waals surface area contributed by atoms with E-state index < -0.39 is 11.7 Å². The molecule has 2 aliphatic heterocycles. The van der Waals surface area contributed by atoms with Crippen LogP contribution in [0.3, 0.4) is 0 Å². The maximum atomic E-state index is 11.6. The Morgan fingerprint density at radius 2 is 2.29 bits per heavy atom. The Hall–Kier alpha value is -1.75. The second-order valence-electron chi connectivity index (χ2n) is 4.52. The van der Waals surface area contributed by atoms with Crippen LogP contribution in [-0.2, 0) is 10.3 Å². The van der Waals surface area contributed by atoms with E-state index in [0.29, 0.717) is 6.54 Å². The number of piperidine rings is 1. The van der Waals surface area contributed by atoms with E-state index in [9.17, 15) is 9.90 Å². The molecule has 2 heterocycles. The molecule has 90 valence electrons. The van der Waals surface area contributed by atoms with Crippen LogP contribution in [0.1, 0.15) is 18.4 Å².